The standard InChI is InChI=1S/C10H9F3N4O2/c11-10(12,13)3-4-15-19-9(18)7-1-2-8-14-5-6-17(8)16-7/h1-2,5-6,15H,3-4H2. The van der Waals surface area contributed by atoms with Crippen LogP contribution in [0.25, 0.3) is 5.65 Å². The Balaban J connectivity index is 1.89. The maximum Gasteiger partial charge on any atom is 0.390 e. The third-order valence-corrected chi connectivity index (χ3v) is 2.14. The molecular weight excluding hydrogens is 265 g/mol. The minimum atomic E-state index is -4.30. The molecule has 0 spiro atoms. The van der Waals surface area contributed by atoms with Crippen molar-refractivity contribution in [3.63, 3.8) is 0 Å². The summed E-state index contributed by atoms with van der Waals surface area (Å²) in [5, 5.41) is 3.88. The molecule has 0 unspecified atom stereocenters. The number of fused-ring (bicyclic) bond motifs is 1. The summed E-state index contributed by atoms with van der Waals surface area (Å²) in [7, 11) is 0. The number of rotatable bonds is 4. The summed E-state index contributed by atoms with van der Waals surface area (Å²) >= 11 is 0. The van der Waals surface area contributed by atoms with E-state index >= 15 is 0 Å². The van der Waals surface area contributed by atoms with E-state index < -0.39 is 25.1 Å². The van der Waals surface area contributed by atoms with Gasteiger partial charge in [-0.2, -0.15) is 23.8 Å². The number of carbonyl (C=O) groups is 1. The van der Waals surface area contributed by atoms with Gasteiger partial charge in [-0.25, -0.2) is 14.3 Å². The van der Waals surface area contributed by atoms with Crippen molar-refractivity contribution in [3.8, 4) is 0 Å². The van der Waals surface area contributed by atoms with Crippen LogP contribution in [-0.2, 0) is 4.84 Å². The molecule has 1 N–H and O–H groups in total. The highest BCUT2D eigenvalue weighted by Crippen LogP contribution is 2.18. The lowest BCUT2D eigenvalue weighted by atomic mass is 10.4. The fourth-order valence-electron chi connectivity index (χ4n) is 1.29. The van der Waals surface area contributed by atoms with Gasteiger partial charge in [0, 0.05) is 18.9 Å². The molecule has 2 aromatic rings. The predicted molar refractivity (Wildman–Crippen MR) is 57.1 cm³/mol. The van der Waals surface area contributed by atoms with Crippen LogP contribution in [0, 0.1) is 0 Å². The van der Waals surface area contributed by atoms with E-state index in [1.807, 2.05) is 5.48 Å². The van der Waals surface area contributed by atoms with Gasteiger partial charge in [-0.15, -0.1) is 0 Å². The second kappa shape index (κ2) is 5.22. The van der Waals surface area contributed by atoms with Crippen LogP contribution in [0.1, 0.15) is 16.9 Å². The summed E-state index contributed by atoms with van der Waals surface area (Å²) in [4.78, 5) is 19.9. The maximum atomic E-state index is 11.8. The van der Waals surface area contributed by atoms with Gasteiger partial charge < -0.3 is 4.84 Å². The third kappa shape index (κ3) is 3.65. The Bertz CT molecular complexity index is 581. The minimum Gasteiger partial charge on any atom is -0.366 e. The van der Waals surface area contributed by atoms with Crippen molar-refractivity contribution in [2.45, 2.75) is 12.6 Å². The van der Waals surface area contributed by atoms with Gasteiger partial charge in [-0.3, -0.25) is 0 Å². The number of halogens is 3. The Hall–Kier alpha value is -2.16. The average Bonchev–Trinajstić information content (AvgIpc) is 2.80. The largest absolute Gasteiger partial charge is 0.390 e. The Labute approximate surface area is 105 Å². The van der Waals surface area contributed by atoms with Crippen LogP contribution in [0.4, 0.5) is 13.2 Å². The van der Waals surface area contributed by atoms with Crippen molar-refractivity contribution < 1.29 is 22.8 Å². The number of aromatic nitrogens is 3. The first-order valence-electron chi connectivity index (χ1n) is 5.27. The van der Waals surface area contributed by atoms with Gasteiger partial charge in [-0.05, 0) is 12.1 Å². The zero-order chi connectivity index (χ0) is 13.9. The number of hydrogen-bond acceptors (Lipinski definition) is 5. The van der Waals surface area contributed by atoms with Crippen molar-refractivity contribution in [3.05, 3.63) is 30.2 Å². The molecule has 0 bridgehead atoms. The van der Waals surface area contributed by atoms with Crippen LogP contribution in [0.2, 0.25) is 0 Å². The average molecular weight is 274 g/mol. The Morgan fingerprint density at radius 2 is 2.21 bits per heavy atom. The molecule has 2 heterocycles. The quantitative estimate of drug-likeness (QED) is 0.673. The van der Waals surface area contributed by atoms with Gasteiger partial charge in [0.05, 0.1) is 6.42 Å². The lowest BCUT2D eigenvalue weighted by Gasteiger charge is -2.07. The first-order valence-corrected chi connectivity index (χ1v) is 5.27. The summed E-state index contributed by atoms with van der Waals surface area (Å²) in [5.41, 5.74) is 2.45. The van der Waals surface area contributed by atoms with Gasteiger partial charge in [0.25, 0.3) is 0 Å². The van der Waals surface area contributed by atoms with E-state index in [2.05, 4.69) is 14.9 Å². The molecule has 0 aliphatic rings. The van der Waals surface area contributed by atoms with Gasteiger partial charge >= 0.3 is 12.1 Å². The normalized spacial score (nSPS) is 11.7. The Morgan fingerprint density at radius 1 is 1.42 bits per heavy atom. The van der Waals surface area contributed by atoms with Crippen molar-refractivity contribution in [1.29, 1.82) is 0 Å². The molecular formula is C10H9F3N4O2. The van der Waals surface area contributed by atoms with Crippen LogP contribution in [0.15, 0.2) is 24.5 Å². The summed E-state index contributed by atoms with van der Waals surface area (Å²) in [6.45, 7) is -0.511. The molecule has 0 aliphatic heterocycles. The second-order valence-corrected chi connectivity index (χ2v) is 3.60. The molecule has 0 aromatic carbocycles. The van der Waals surface area contributed by atoms with E-state index in [9.17, 15) is 18.0 Å². The zero-order valence-electron chi connectivity index (χ0n) is 9.52. The fourth-order valence-corrected chi connectivity index (χ4v) is 1.29. The smallest absolute Gasteiger partial charge is 0.366 e. The van der Waals surface area contributed by atoms with Crippen LogP contribution in [0.5, 0.6) is 0 Å². The summed E-state index contributed by atoms with van der Waals surface area (Å²) in [6.07, 6.45) is -2.36. The van der Waals surface area contributed by atoms with Crippen LogP contribution in [0.3, 0.4) is 0 Å². The molecule has 0 saturated carbocycles. The molecule has 19 heavy (non-hydrogen) atoms. The van der Waals surface area contributed by atoms with Gasteiger partial charge in [0.2, 0.25) is 0 Å². The summed E-state index contributed by atoms with van der Waals surface area (Å²) in [6, 6.07) is 2.91. The molecule has 2 rings (SSSR count). The minimum absolute atomic E-state index is 0.0370. The van der Waals surface area contributed by atoms with Crippen molar-refractivity contribution >= 4 is 11.6 Å². The van der Waals surface area contributed by atoms with E-state index in [1.54, 1.807) is 6.07 Å². The highest BCUT2D eigenvalue weighted by molar-refractivity contribution is 5.87. The summed E-state index contributed by atoms with van der Waals surface area (Å²) in [5.74, 6) is -0.863. The Kier molecular flexibility index (Phi) is 3.65. The molecule has 0 atom stereocenters. The molecule has 0 aliphatic carbocycles. The van der Waals surface area contributed by atoms with Crippen molar-refractivity contribution in [2.24, 2.45) is 0 Å². The highest BCUT2D eigenvalue weighted by Gasteiger charge is 2.26. The summed E-state index contributed by atoms with van der Waals surface area (Å²) < 4.78 is 36.9. The van der Waals surface area contributed by atoms with Gasteiger partial charge in [0.15, 0.2) is 11.3 Å². The van der Waals surface area contributed by atoms with E-state index in [0.29, 0.717) is 5.65 Å². The van der Waals surface area contributed by atoms with E-state index in [4.69, 9.17) is 0 Å². The zero-order valence-corrected chi connectivity index (χ0v) is 9.52. The number of hydrogen-bond donors (Lipinski definition) is 1. The first-order chi connectivity index (χ1) is 8.96. The molecule has 6 nitrogen and oxygen atoms in total. The number of imidazole rings is 1. The van der Waals surface area contributed by atoms with Crippen molar-refractivity contribution in [2.75, 3.05) is 6.54 Å². The SMILES string of the molecule is O=C(ONCCC(F)(F)F)c1ccc2nccn2n1. The van der Waals surface area contributed by atoms with Crippen LogP contribution >= 0.6 is 0 Å². The van der Waals surface area contributed by atoms with Gasteiger partial charge in [0.1, 0.15) is 0 Å². The molecule has 9 heteroatoms. The molecule has 0 radical (unpaired) electrons. The van der Waals surface area contributed by atoms with Gasteiger partial charge in [-0.1, -0.05) is 0 Å². The number of alkyl halides is 3. The topological polar surface area (TPSA) is 68.5 Å². The third-order valence-electron chi connectivity index (χ3n) is 2.14. The number of hydroxylamine groups is 1. The monoisotopic (exact) mass is 274 g/mol. The molecule has 0 fully saturated rings. The van der Waals surface area contributed by atoms with E-state index in [-0.39, 0.29) is 5.69 Å². The molecule has 0 amide bonds. The number of carbonyl (C=O) groups excluding carboxylic acids is 1. The molecule has 0 saturated heterocycles. The van der Waals surface area contributed by atoms with E-state index in [1.165, 1.54) is 23.0 Å². The number of nitrogens with zero attached hydrogens (tertiary/aromatic N) is 3. The molecule has 102 valence electrons. The first kappa shape index (κ1) is 13.3. The number of nitrogens with one attached hydrogen (secondary N) is 1. The van der Waals surface area contributed by atoms with E-state index in [0.717, 1.165) is 0 Å². The Morgan fingerprint density at radius 3 is 2.95 bits per heavy atom. The predicted octanol–water partition coefficient (Wildman–Crippen LogP) is 1.34. The van der Waals surface area contributed by atoms with Crippen LogP contribution < -0.4 is 5.48 Å². The second-order valence-electron chi connectivity index (χ2n) is 3.60. The molecule has 2 aromatic heterocycles. The highest BCUT2D eigenvalue weighted by atomic mass is 19.4. The van der Waals surface area contributed by atoms with Crippen molar-refractivity contribution in [1.82, 2.24) is 20.1 Å². The maximum absolute atomic E-state index is 11.8. The lowest BCUT2D eigenvalue weighted by molar-refractivity contribution is -0.137. The fraction of sp³-hybridized carbons (Fsp3) is 0.300. The lowest BCUT2D eigenvalue weighted by Crippen LogP contribution is -2.25. The van der Waals surface area contributed by atoms with Crippen LogP contribution in [-0.4, -0.2) is 33.3 Å².